The zero-order chi connectivity index (χ0) is 12.0. The lowest BCUT2D eigenvalue weighted by molar-refractivity contribution is -0.141. The minimum Gasteiger partial charge on any atom is -0.390 e. The van der Waals surface area contributed by atoms with Crippen molar-refractivity contribution in [2.45, 2.75) is 76.6 Å². The zero-order valence-electron chi connectivity index (χ0n) is 11.2. The van der Waals surface area contributed by atoms with Crippen LogP contribution in [0.4, 0.5) is 0 Å². The Morgan fingerprint density at radius 2 is 1.82 bits per heavy atom. The second-order valence-electron chi connectivity index (χ2n) is 7.03. The Kier molecular flexibility index (Phi) is 2.99. The van der Waals surface area contributed by atoms with Crippen LogP contribution in [0.15, 0.2) is 0 Å². The topological polar surface area (TPSA) is 29.5 Å². The van der Waals surface area contributed by atoms with E-state index in [0.29, 0.717) is 0 Å². The van der Waals surface area contributed by atoms with Gasteiger partial charge in [0.1, 0.15) is 0 Å². The molecule has 0 aromatic carbocycles. The van der Waals surface area contributed by atoms with Crippen LogP contribution >= 0.6 is 0 Å². The number of fused-ring (bicyclic) bond motifs is 2. The predicted octanol–water partition coefficient (Wildman–Crippen LogP) is 3.13. The fourth-order valence-corrected chi connectivity index (χ4v) is 4.93. The molecule has 98 valence electrons. The molecule has 2 bridgehead atoms. The van der Waals surface area contributed by atoms with Gasteiger partial charge in [-0.3, -0.25) is 0 Å². The van der Waals surface area contributed by atoms with Crippen LogP contribution in [0.25, 0.3) is 0 Å². The van der Waals surface area contributed by atoms with E-state index in [1.165, 1.54) is 25.7 Å². The van der Waals surface area contributed by atoms with Crippen molar-refractivity contribution in [1.29, 1.82) is 0 Å². The summed E-state index contributed by atoms with van der Waals surface area (Å²) < 4.78 is 5.75. The number of aliphatic hydroxyl groups is 1. The third kappa shape index (κ3) is 2.39. The summed E-state index contributed by atoms with van der Waals surface area (Å²) in [7, 11) is 0. The molecule has 3 rings (SSSR count). The van der Waals surface area contributed by atoms with E-state index in [1.54, 1.807) is 0 Å². The molecule has 5 unspecified atom stereocenters. The van der Waals surface area contributed by atoms with Gasteiger partial charge < -0.3 is 9.84 Å². The van der Waals surface area contributed by atoms with Crippen molar-refractivity contribution < 1.29 is 9.84 Å². The van der Waals surface area contributed by atoms with E-state index in [0.717, 1.165) is 37.0 Å². The van der Waals surface area contributed by atoms with Gasteiger partial charge in [-0.2, -0.15) is 0 Å². The summed E-state index contributed by atoms with van der Waals surface area (Å²) in [4.78, 5) is 0. The highest BCUT2D eigenvalue weighted by atomic mass is 16.5. The smallest absolute Gasteiger partial charge is 0.0699 e. The van der Waals surface area contributed by atoms with Crippen LogP contribution in [0.3, 0.4) is 0 Å². The molecule has 0 spiro atoms. The van der Waals surface area contributed by atoms with Crippen molar-refractivity contribution in [3.63, 3.8) is 0 Å². The summed E-state index contributed by atoms with van der Waals surface area (Å²) in [6.45, 7) is 4.20. The van der Waals surface area contributed by atoms with Crippen molar-refractivity contribution in [1.82, 2.24) is 0 Å². The molecule has 17 heavy (non-hydrogen) atoms. The van der Waals surface area contributed by atoms with E-state index >= 15 is 0 Å². The van der Waals surface area contributed by atoms with Crippen LogP contribution < -0.4 is 0 Å². The number of rotatable bonds is 2. The lowest BCUT2D eigenvalue weighted by atomic mass is 9.75. The van der Waals surface area contributed by atoms with Crippen molar-refractivity contribution in [3.8, 4) is 0 Å². The molecule has 0 amide bonds. The first kappa shape index (κ1) is 12.0. The lowest BCUT2D eigenvalue weighted by Crippen LogP contribution is -2.45. The molecule has 1 N–H and O–H groups in total. The van der Waals surface area contributed by atoms with Crippen LogP contribution in [0.2, 0.25) is 0 Å². The second-order valence-corrected chi connectivity index (χ2v) is 7.03. The summed E-state index contributed by atoms with van der Waals surface area (Å²) in [5, 5.41) is 10.8. The summed E-state index contributed by atoms with van der Waals surface area (Å²) >= 11 is 0. The van der Waals surface area contributed by atoms with Crippen LogP contribution in [0.1, 0.15) is 58.8 Å². The van der Waals surface area contributed by atoms with Crippen LogP contribution in [-0.4, -0.2) is 22.9 Å². The molecular weight excluding hydrogens is 212 g/mol. The predicted molar refractivity (Wildman–Crippen MR) is 67.7 cm³/mol. The van der Waals surface area contributed by atoms with Gasteiger partial charge in [0, 0.05) is 12.8 Å². The molecule has 0 aromatic heterocycles. The highest BCUT2D eigenvalue weighted by Crippen LogP contribution is 2.52. The molecule has 1 heterocycles. The molecule has 2 saturated carbocycles. The minimum absolute atomic E-state index is 0.224. The number of hydrogen-bond acceptors (Lipinski definition) is 2. The summed E-state index contributed by atoms with van der Waals surface area (Å²) in [5.41, 5.74) is -0.438. The normalized spacial score (nSPS) is 54.2. The fourth-order valence-electron chi connectivity index (χ4n) is 4.93. The fraction of sp³-hybridized carbons (Fsp3) is 1.00. The Morgan fingerprint density at radius 3 is 2.35 bits per heavy atom. The van der Waals surface area contributed by atoms with Gasteiger partial charge in [-0.05, 0) is 57.3 Å². The van der Waals surface area contributed by atoms with Crippen LogP contribution in [0.5, 0.6) is 0 Å². The Labute approximate surface area is 105 Å². The molecule has 5 atom stereocenters. The van der Waals surface area contributed by atoms with Gasteiger partial charge in [0.2, 0.25) is 0 Å². The van der Waals surface area contributed by atoms with Gasteiger partial charge in [0.05, 0.1) is 17.8 Å². The van der Waals surface area contributed by atoms with Crippen LogP contribution in [0, 0.1) is 17.8 Å². The second kappa shape index (κ2) is 4.24. The van der Waals surface area contributed by atoms with E-state index in [9.17, 15) is 5.11 Å². The van der Waals surface area contributed by atoms with Gasteiger partial charge >= 0.3 is 0 Å². The maximum Gasteiger partial charge on any atom is 0.0699 e. The van der Waals surface area contributed by atoms with Crippen molar-refractivity contribution in [2.24, 2.45) is 17.8 Å². The van der Waals surface area contributed by atoms with Gasteiger partial charge in [0.25, 0.3) is 0 Å². The van der Waals surface area contributed by atoms with Crippen LogP contribution in [-0.2, 0) is 4.74 Å². The Bertz CT molecular complexity index is 279. The highest BCUT2D eigenvalue weighted by molar-refractivity contribution is 4.96. The van der Waals surface area contributed by atoms with Gasteiger partial charge in [-0.15, -0.1) is 0 Å². The summed E-state index contributed by atoms with van der Waals surface area (Å²) in [6.07, 6.45) is 8.87. The van der Waals surface area contributed by atoms with E-state index in [-0.39, 0.29) is 12.2 Å². The largest absolute Gasteiger partial charge is 0.390 e. The van der Waals surface area contributed by atoms with Gasteiger partial charge in [0.15, 0.2) is 0 Å². The Hall–Kier alpha value is -0.0800. The highest BCUT2D eigenvalue weighted by Gasteiger charge is 2.45. The first-order chi connectivity index (χ1) is 8.04. The first-order valence-corrected chi connectivity index (χ1v) is 7.42. The maximum absolute atomic E-state index is 10.8. The quantitative estimate of drug-likeness (QED) is 0.801. The Balaban J connectivity index is 1.63. The monoisotopic (exact) mass is 238 g/mol. The molecule has 0 aromatic rings. The van der Waals surface area contributed by atoms with E-state index < -0.39 is 5.60 Å². The molecule has 1 aliphatic heterocycles. The average Bonchev–Trinajstić information content (AvgIpc) is 2.75. The molecule has 2 nitrogen and oxygen atoms in total. The minimum atomic E-state index is -0.438. The molecule has 3 aliphatic rings. The molecule has 1 saturated heterocycles. The van der Waals surface area contributed by atoms with E-state index in [1.807, 2.05) is 0 Å². The number of ether oxygens (including phenoxy) is 1. The third-order valence-electron chi connectivity index (χ3n) is 5.33. The molecule has 2 heteroatoms. The summed E-state index contributed by atoms with van der Waals surface area (Å²) in [6, 6.07) is 0. The van der Waals surface area contributed by atoms with Gasteiger partial charge in [-0.1, -0.05) is 6.42 Å². The van der Waals surface area contributed by atoms with Crippen molar-refractivity contribution in [2.75, 3.05) is 0 Å². The SMILES string of the molecule is CC1CC(O)(CC2CC3CCC2C3)CC(C)O1. The summed E-state index contributed by atoms with van der Waals surface area (Å²) in [5.74, 6) is 2.72. The maximum atomic E-state index is 10.8. The average molecular weight is 238 g/mol. The molecule has 2 aliphatic carbocycles. The van der Waals surface area contributed by atoms with Crippen molar-refractivity contribution in [3.05, 3.63) is 0 Å². The zero-order valence-corrected chi connectivity index (χ0v) is 11.2. The van der Waals surface area contributed by atoms with Crippen molar-refractivity contribution >= 4 is 0 Å². The Morgan fingerprint density at radius 1 is 1.12 bits per heavy atom. The lowest BCUT2D eigenvalue weighted by Gasteiger charge is -2.41. The standard InChI is InChI=1S/C15H26O2/c1-10-7-15(16,8-11(2)17-10)9-14-6-12-3-4-13(14)5-12/h10-14,16H,3-9H2,1-2H3. The number of hydrogen-bond donors (Lipinski definition) is 1. The molecular formula is C15H26O2. The van der Waals surface area contributed by atoms with E-state index in [2.05, 4.69) is 13.8 Å². The van der Waals surface area contributed by atoms with E-state index in [4.69, 9.17) is 4.74 Å². The molecule has 0 radical (unpaired) electrons. The molecule has 3 fully saturated rings. The third-order valence-corrected chi connectivity index (χ3v) is 5.33. The first-order valence-electron chi connectivity index (χ1n) is 7.42. The van der Waals surface area contributed by atoms with Gasteiger partial charge in [-0.25, -0.2) is 0 Å².